The lowest BCUT2D eigenvalue weighted by atomic mass is 10.2. The SMILES string of the molecule is N=C(N[N+](=O)[O-])N1CCCCCC1. The largest absolute Gasteiger partial charge is 0.339 e. The fraction of sp³-hybridized carbons (Fsp3) is 0.857. The topological polar surface area (TPSA) is 82.3 Å². The Morgan fingerprint density at radius 1 is 1.31 bits per heavy atom. The Morgan fingerprint density at radius 2 is 1.85 bits per heavy atom. The molecule has 0 radical (unpaired) electrons. The van der Waals surface area contributed by atoms with Gasteiger partial charge in [0.2, 0.25) is 0 Å². The first-order valence-electron chi connectivity index (χ1n) is 4.44. The molecular weight excluding hydrogens is 172 g/mol. The number of nitrogens with one attached hydrogen (secondary N) is 2. The Kier molecular flexibility index (Phi) is 3.48. The molecule has 1 aliphatic heterocycles. The first kappa shape index (κ1) is 9.76. The van der Waals surface area contributed by atoms with Crippen LogP contribution in [0.5, 0.6) is 0 Å². The number of hydrazine groups is 1. The van der Waals surface area contributed by atoms with Crippen molar-refractivity contribution in [1.82, 2.24) is 10.3 Å². The van der Waals surface area contributed by atoms with Crippen LogP contribution < -0.4 is 5.43 Å². The highest BCUT2D eigenvalue weighted by Crippen LogP contribution is 2.08. The highest BCUT2D eigenvalue weighted by Gasteiger charge is 2.14. The Labute approximate surface area is 76.5 Å². The van der Waals surface area contributed by atoms with Crippen molar-refractivity contribution in [2.45, 2.75) is 25.7 Å². The third-order valence-electron chi connectivity index (χ3n) is 2.12. The second-order valence-corrected chi connectivity index (χ2v) is 3.12. The zero-order chi connectivity index (χ0) is 9.68. The Bertz CT molecular complexity index is 199. The summed E-state index contributed by atoms with van der Waals surface area (Å²) < 4.78 is 0. The van der Waals surface area contributed by atoms with Crippen LogP contribution in [0.3, 0.4) is 0 Å². The molecule has 0 bridgehead atoms. The van der Waals surface area contributed by atoms with Crippen molar-refractivity contribution in [3.8, 4) is 0 Å². The summed E-state index contributed by atoms with van der Waals surface area (Å²) in [6, 6.07) is 0. The van der Waals surface area contributed by atoms with Gasteiger partial charge in [-0.1, -0.05) is 18.3 Å². The van der Waals surface area contributed by atoms with Crippen molar-refractivity contribution >= 4 is 5.96 Å². The molecular formula is C7H14N4O2. The van der Waals surface area contributed by atoms with Crippen molar-refractivity contribution in [3.63, 3.8) is 0 Å². The molecule has 1 heterocycles. The number of rotatable bonds is 1. The molecule has 1 fully saturated rings. The van der Waals surface area contributed by atoms with E-state index >= 15 is 0 Å². The van der Waals surface area contributed by atoms with Gasteiger partial charge >= 0.3 is 0 Å². The van der Waals surface area contributed by atoms with Crippen LogP contribution in [0, 0.1) is 15.5 Å². The molecule has 1 saturated heterocycles. The van der Waals surface area contributed by atoms with Gasteiger partial charge in [-0.05, 0) is 12.8 Å². The summed E-state index contributed by atoms with van der Waals surface area (Å²) in [7, 11) is 0. The minimum atomic E-state index is -0.687. The molecule has 0 amide bonds. The number of hydrogen-bond donors (Lipinski definition) is 2. The Hall–Kier alpha value is -1.33. The van der Waals surface area contributed by atoms with Gasteiger partial charge in [0.15, 0.2) is 5.03 Å². The fourth-order valence-electron chi connectivity index (χ4n) is 1.45. The molecule has 0 spiro atoms. The zero-order valence-electron chi connectivity index (χ0n) is 7.45. The van der Waals surface area contributed by atoms with Crippen molar-refractivity contribution in [3.05, 3.63) is 10.1 Å². The van der Waals surface area contributed by atoms with Crippen molar-refractivity contribution in [1.29, 1.82) is 5.41 Å². The second-order valence-electron chi connectivity index (χ2n) is 3.12. The van der Waals surface area contributed by atoms with Gasteiger partial charge in [-0.2, -0.15) is 0 Å². The van der Waals surface area contributed by atoms with Crippen LogP contribution in [0.2, 0.25) is 0 Å². The molecule has 0 aromatic rings. The van der Waals surface area contributed by atoms with Crippen LogP contribution in [-0.2, 0) is 0 Å². The summed E-state index contributed by atoms with van der Waals surface area (Å²) in [5.41, 5.74) is 1.87. The van der Waals surface area contributed by atoms with E-state index in [9.17, 15) is 10.1 Å². The lowest BCUT2D eigenvalue weighted by Gasteiger charge is -2.19. The van der Waals surface area contributed by atoms with Gasteiger partial charge in [0.25, 0.3) is 5.96 Å². The molecule has 0 atom stereocenters. The van der Waals surface area contributed by atoms with Gasteiger partial charge in [0.1, 0.15) is 0 Å². The number of nitro groups is 1. The van der Waals surface area contributed by atoms with Gasteiger partial charge < -0.3 is 4.90 Å². The molecule has 0 aromatic carbocycles. The maximum Gasteiger partial charge on any atom is 0.254 e. The van der Waals surface area contributed by atoms with E-state index in [4.69, 9.17) is 5.41 Å². The van der Waals surface area contributed by atoms with E-state index in [1.807, 2.05) is 5.43 Å². The third-order valence-corrected chi connectivity index (χ3v) is 2.12. The van der Waals surface area contributed by atoms with Crippen LogP contribution in [-0.4, -0.2) is 29.0 Å². The lowest BCUT2D eigenvalue weighted by molar-refractivity contribution is -0.526. The van der Waals surface area contributed by atoms with Crippen LogP contribution >= 0.6 is 0 Å². The Morgan fingerprint density at radius 3 is 2.31 bits per heavy atom. The predicted octanol–water partition coefficient (Wildman–Crippen LogP) is 0.578. The monoisotopic (exact) mass is 186 g/mol. The lowest BCUT2D eigenvalue weighted by Crippen LogP contribution is -2.43. The van der Waals surface area contributed by atoms with Gasteiger partial charge in [-0.3, -0.25) is 5.41 Å². The number of likely N-dealkylation sites (tertiary alicyclic amines) is 1. The van der Waals surface area contributed by atoms with E-state index in [0.717, 1.165) is 38.8 Å². The van der Waals surface area contributed by atoms with Crippen LogP contribution in [0.1, 0.15) is 25.7 Å². The molecule has 0 unspecified atom stereocenters. The number of hydrogen-bond acceptors (Lipinski definition) is 3. The van der Waals surface area contributed by atoms with Crippen molar-refractivity contribution in [2.75, 3.05) is 13.1 Å². The first-order valence-corrected chi connectivity index (χ1v) is 4.44. The van der Waals surface area contributed by atoms with Crippen molar-refractivity contribution in [2.24, 2.45) is 0 Å². The maximum absolute atomic E-state index is 10.1. The molecule has 2 N–H and O–H groups in total. The van der Waals surface area contributed by atoms with Crippen molar-refractivity contribution < 1.29 is 5.03 Å². The van der Waals surface area contributed by atoms with E-state index in [1.165, 1.54) is 0 Å². The quantitative estimate of drug-likeness (QED) is 0.271. The van der Waals surface area contributed by atoms with Crippen LogP contribution in [0.25, 0.3) is 0 Å². The second kappa shape index (κ2) is 4.64. The normalized spacial score (nSPS) is 17.7. The first-order chi connectivity index (χ1) is 6.20. The molecule has 1 rings (SSSR count). The molecule has 0 aromatic heterocycles. The van der Waals surface area contributed by atoms with E-state index in [2.05, 4.69) is 0 Å². The minimum Gasteiger partial charge on any atom is -0.339 e. The number of nitrogens with zero attached hydrogens (tertiary/aromatic N) is 2. The third kappa shape index (κ3) is 3.27. The van der Waals surface area contributed by atoms with Crippen LogP contribution in [0.4, 0.5) is 0 Å². The highest BCUT2D eigenvalue weighted by molar-refractivity contribution is 5.75. The molecule has 6 nitrogen and oxygen atoms in total. The summed E-state index contributed by atoms with van der Waals surface area (Å²) in [6.07, 6.45) is 4.34. The molecule has 74 valence electrons. The average molecular weight is 186 g/mol. The van der Waals surface area contributed by atoms with Gasteiger partial charge in [0, 0.05) is 13.1 Å². The summed E-state index contributed by atoms with van der Waals surface area (Å²) in [5, 5.41) is 16.8. The maximum atomic E-state index is 10.1. The molecule has 6 heteroatoms. The average Bonchev–Trinajstić information content (AvgIpc) is 2.29. The summed E-state index contributed by atoms with van der Waals surface area (Å²) in [5.74, 6) is -0.0908. The van der Waals surface area contributed by atoms with Gasteiger partial charge in [-0.25, -0.2) is 10.1 Å². The van der Waals surface area contributed by atoms with Gasteiger partial charge in [-0.15, -0.1) is 0 Å². The fourth-order valence-corrected chi connectivity index (χ4v) is 1.45. The zero-order valence-corrected chi connectivity index (χ0v) is 7.45. The van der Waals surface area contributed by atoms with E-state index in [-0.39, 0.29) is 5.96 Å². The molecule has 0 aliphatic carbocycles. The van der Waals surface area contributed by atoms with Gasteiger partial charge in [0.05, 0.1) is 0 Å². The van der Waals surface area contributed by atoms with E-state index in [1.54, 1.807) is 4.90 Å². The summed E-state index contributed by atoms with van der Waals surface area (Å²) >= 11 is 0. The standard InChI is InChI=1S/C7H14N4O2/c8-7(9-11(12)13)10-5-3-1-2-4-6-10/h1-6H2,(H2,8,9). The predicted molar refractivity (Wildman–Crippen MR) is 47.9 cm³/mol. The molecule has 13 heavy (non-hydrogen) atoms. The molecule has 0 saturated carbocycles. The number of guanidine groups is 1. The minimum absolute atomic E-state index is 0.0908. The summed E-state index contributed by atoms with van der Waals surface area (Å²) in [6.45, 7) is 1.50. The van der Waals surface area contributed by atoms with E-state index in [0.29, 0.717) is 0 Å². The summed E-state index contributed by atoms with van der Waals surface area (Å²) in [4.78, 5) is 11.8. The van der Waals surface area contributed by atoms with E-state index < -0.39 is 5.03 Å². The van der Waals surface area contributed by atoms with Crippen LogP contribution in [0.15, 0.2) is 0 Å². The highest BCUT2D eigenvalue weighted by atomic mass is 16.7. The smallest absolute Gasteiger partial charge is 0.254 e. The molecule has 1 aliphatic rings. The Balaban J connectivity index is 2.39.